The molecule has 0 bridgehead atoms. The van der Waals surface area contributed by atoms with E-state index < -0.39 is 53.3 Å². The number of aliphatic hydroxyl groups is 2. The van der Waals surface area contributed by atoms with Gasteiger partial charge in [-0.1, -0.05) is 41.3 Å². The zero-order valence-electron chi connectivity index (χ0n) is 15.0. The number of halogens is 1. The van der Waals surface area contributed by atoms with E-state index >= 15 is 0 Å². The molecule has 2 heterocycles. The summed E-state index contributed by atoms with van der Waals surface area (Å²) < 4.78 is 16.8. The number of esters is 2. The van der Waals surface area contributed by atoms with Gasteiger partial charge in [0.05, 0.1) is 18.6 Å². The molecule has 2 saturated heterocycles. The summed E-state index contributed by atoms with van der Waals surface area (Å²) in [5.74, 6) is -2.38. The van der Waals surface area contributed by atoms with Crippen LogP contribution in [0, 0.1) is 17.8 Å². The highest BCUT2D eigenvalue weighted by Gasteiger charge is 2.64. The number of carbonyl (C=O) groups excluding carboxylic acids is 2. The lowest BCUT2D eigenvalue weighted by Gasteiger charge is -2.37. The molecule has 0 aromatic heterocycles. The molecule has 2 aliphatic heterocycles. The summed E-state index contributed by atoms with van der Waals surface area (Å²) >= 11 is 2.03. The second-order valence-electron chi connectivity index (χ2n) is 8.26. The number of aliphatic hydroxyl groups excluding tert-OH is 1. The van der Waals surface area contributed by atoms with Crippen molar-refractivity contribution in [3.63, 3.8) is 0 Å². The minimum Gasteiger partial charge on any atom is -0.459 e. The fraction of sp³-hybridized carbons (Fsp3) is 0.684. The fourth-order valence-corrected chi connectivity index (χ4v) is 5.77. The molecule has 7 nitrogen and oxygen atoms in total. The fourth-order valence-electron chi connectivity index (χ4n) is 4.75. The third-order valence-corrected chi connectivity index (χ3v) is 7.77. The Labute approximate surface area is 170 Å². The second kappa shape index (κ2) is 6.27. The van der Waals surface area contributed by atoms with E-state index in [0.29, 0.717) is 19.4 Å². The van der Waals surface area contributed by atoms with E-state index in [-0.39, 0.29) is 15.9 Å². The topological polar surface area (TPSA) is 106 Å². The molecule has 2 saturated carbocycles. The lowest BCUT2D eigenvalue weighted by molar-refractivity contribution is -0.161. The number of epoxide rings is 1. The Hall–Kier alpha value is -0.970. The molecule has 27 heavy (non-hydrogen) atoms. The molecule has 4 rings (SSSR count). The van der Waals surface area contributed by atoms with Gasteiger partial charge in [-0.25, -0.2) is 9.59 Å². The summed E-state index contributed by atoms with van der Waals surface area (Å²) in [6, 6.07) is 0. The number of fused-ring (bicyclic) bond motifs is 3. The van der Waals surface area contributed by atoms with Gasteiger partial charge in [-0.2, -0.15) is 0 Å². The molecule has 148 valence electrons. The van der Waals surface area contributed by atoms with E-state index in [4.69, 9.17) is 14.2 Å². The van der Waals surface area contributed by atoms with Crippen LogP contribution in [0.4, 0.5) is 0 Å². The van der Waals surface area contributed by atoms with Crippen LogP contribution in [0.5, 0.6) is 0 Å². The molecule has 0 radical (unpaired) electrons. The van der Waals surface area contributed by atoms with Gasteiger partial charge in [-0.3, -0.25) is 0 Å². The zero-order chi connectivity index (χ0) is 19.7. The van der Waals surface area contributed by atoms with E-state index in [1.165, 1.54) is 0 Å². The molecular weight excluding hydrogens is 467 g/mol. The molecule has 8 atom stereocenters. The van der Waals surface area contributed by atoms with Crippen LogP contribution in [-0.2, 0) is 23.8 Å². The van der Waals surface area contributed by atoms with Crippen LogP contribution in [0.25, 0.3) is 0 Å². The Morgan fingerprint density at radius 3 is 2.70 bits per heavy atom. The summed E-state index contributed by atoms with van der Waals surface area (Å²) in [6.07, 6.45) is -1.68. The van der Waals surface area contributed by atoms with E-state index in [9.17, 15) is 19.8 Å². The van der Waals surface area contributed by atoms with Crippen molar-refractivity contribution in [2.75, 3.05) is 11.0 Å². The molecule has 0 aromatic carbocycles. The minimum absolute atomic E-state index is 0.227. The average molecular weight is 490 g/mol. The Balaban J connectivity index is 1.72. The Morgan fingerprint density at radius 1 is 1.44 bits per heavy atom. The van der Waals surface area contributed by atoms with Crippen molar-refractivity contribution in [1.29, 1.82) is 0 Å². The molecule has 0 amide bonds. The van der Waals surface area contributed by atoms with Crippen LogP contribution in [0.3, 0.4) is 0 Å². The van der Waals surface area contributed by atoms with Gasteiger partial charge in [-0.15, -0.1) is 0 Å². The van der Waals surface area contributed by atoms with Crippen molar-refractivity contribution in [3.05, 3.63) is 24.3 Å². The molecule has 0 aromatic rings. The molecule has 8 heteroatoms. The molecule has 0 spiro atoms. The first-order valence-electron chi connectivity index (χ1n) is 9.01. The summed E-state index contributed by atoms with van der Waals surface area (Å²) in [5, 5.41) is 21.7. The monoisotopic (exact) mass is 490 g/mol. The number of ether oxygens (including phenoxy) is 3. The van der Waals surface area contributed by atoms with Crippen LogP contribution >= 0.6 is 22.6 Å². The summed E-state index contributed by atoms with van der Waals surface area (Å²) in [7, 11) is 0. The first kappa shape index (κ1) is 19.4. The normalized spacial score (nSPS) is 48.5. The van der Waals surface area contributed by atoms with Crippen LogP contribution in [-0.4, -0.2) is 62.7 Å². The second-order valence-corrected chi connectivity index (χ2v) is 9.02. The maximum atomic E-state index is 12.5. The number of carbonyl (C=O) groups is 2. The van der Waals surface area contributed by atoms with Gasteiger partial charge in [-0.05, 0) is 19.3 Å². The molecular formula is C19H23IO7. The van der Waals surface area contributed by atoms with Gasteiger partial charge in [0.25, 0.3) is 0 Å². The molecule has 4 fully saturated rings. The summed E-state index contributed by atoms with van der Waals surface area (Å²) in [4.78, 5) is 24.7. The quantitative estimate of drug-likeness (QED) is 0.151. The Bertz CT molecular complexity index is 730. The number of alkyl halides is 1. The summed E-state index contributed by atoms with van der Waals surface area (Å²) in [6.45, 7) is 9.95. The van der Waals surface area contributed by atoms with Gasteiger partial charge >= 0.3 is 11.9 Å². The number of hydrogen-bond donors (Lipinski definition) is 2. The van der Waals surface area contributed by atoms with E-state index in [1.807, 2.05) is 22.6 Å². The Morgan fingerprint density at radius 2 is 2.11 bits per heavy atom. The first-order valence-corrected chi connectivity index (χ1v) is 10.5. The van der Waals surface area contributed by atoms with Crippen molar-refractivity contribution in [3.8, 4) is 0 Å². The van der Waals surface area contributed by atoms with Gasteiger partial charge in [0.1, 0.15) is 17.8 Å². The third-order valence-electron chi connectivity index (χ3n) is 6.55. The van der Waals surface area contributed by atoms with Gasteiger partial charge in [0, 0.05) is 22.3 Å². The molecule has 4 aliphatic rings. The predicted octanol–water partition coefficient (Wildman–Crippen LogP) is 0.908. The van der Waals surface area contributed by atoms with Crippen LogP contribution in [0.2, 0.25) is 0 Å². The zero-order valence-corrected chi connectivity index (χ0v) is 17.2. The Kier molecular flexibility index (Phi) is 4.49. The lowest BCUT2D eigenvalue weighted by Crippen LogP contribution is -2.52. The van der Waals surface area contributed by atoms with Gasteiger partial charge in [0.2, 0.25) is 0 Å². The average Bonchev–Trinajstić information content (AvgIpc) is 3.25. The van der Waals surface area contributed by atoms with Gasteiger partial charge in [0.15, 0.2) is 5.60 Å². The lowest BCUT2D eigenvalue weighted by atomic mass is 9.76. The van der Waals surface area contributed by atoms with Crippen molar-refractivity contribution >= 4 is 34.5 Å². The summed E-state index contributed by atoms with van der Waals surface area (Å²) in [5.41, 5.74) is -1.35. The standard InChI is InChI=1S/C19H23IO7/c1-8-4-11(26-17(23)18(3)7-25-18)13-9(2)16(22)27-15(13)14-10(8)5-12(21)19(14,24)6-20/h10-15,21,24H,1-2,4-7H2,3H3/t10-,11-,12-,13+,14-,15-,18-,19+/m0/s1. The van der Waals surface area contributed by atoms with Crippen molar-refractivity contribution in [1.82, 2.24) is 0 Å². The van der Waals surface area contributed by atoms with Crippen LogP contribution in [0.15, 0.2) is 24.3 Å². The van der Waals surface area contributed by atoms with Crippen molar-refractivity contribution < 1.29 is 34.0 Å². The highest BCUT2D eigenvalue weighted by atomic mass is 127. The first-order chi connectivity index (χ1) is 12.6. The maximum absolute atomic E-state index is 12.5. The predicted molar refractivity (Wildman–Crippen MR) is 102 cm³/mol. The highest BCUT2D eigenvalue weighted by Crippen LogP contribution is 2.55. The number of hydrogen-bond acceptors (Lipinski definition) is 7. The SMILES string of the molecule is C=C1C(=O)O[C@H]2[C@H]1[C@@H](OC(=O)[C@]1(C)CO1)CC(=C)[C@@H]1C[C@H](O)[C@](O)(CI)[C@H]21. The highest BCUT2D eigenvalue weighted by molar-refractivity contribution is 14.1. The van der Waals surface area contributed by atoms with Crippen LogP contribution < -0.4 is 0 Å². The van der Waals surface area contributed by atoms with E-state index in [0.717, 1.165) is 5.57 Å². The van der Waals surface area contributed by atoms with E-state index in [2.05, 4.69) is 13.2 Å². The van der Waals surface area contributed by atoms with Crippen molar-refractivity contribution in [2.45, 2.75) is 49.3 Å². The molecule has 0 unspecified atom stereocenters. The van der Waals surface area contributed by atoms with Gasteiger partial charge < -0.3 is 24.4 Å². The largest absolute Gasteiger partial charge is 0.459 e. The minimum atomic E-state index is -1.41. The molecule has 2 N–H and O–H groups in total. The van der Waals surface area contributed by atoms with Crippen LogP contribution in [0.1, 0.15) is 19.8 Å². The van der Waals surface area contributed by atoms with Crippen molar-refractivity contribution in [2.24, 2.45) is 17.8 Å². The van der Waals surface area contributed by atoms with E-state index in [1.54, 1.807) is 6.92 Å². The third kappa shape index (κ3) is 2.79. The molecule has 2 aliphatic carbocycles. The maximum Gasteiger partial charge on any atom is 0.340 e. The number of rotatable bonds is 3. The smallest absolute Gasteiger partial charge is 0.340 e.